The molecule has 0 aliphatic heterocycles. The molecule has 1 N–H and O–H groups in total. The smallest absolute Gasteiger partial charge is 0.340 e. The molecule has 8 nitrogen and oxygen atoms in total. The Kier molecular flexibility index (Phi) is 5.20. The van der Waals surface area contributed by atoms with Gasteiger partial charge in [0.2, 0.25) is 0 Å². The minimum atomic E-state index is -0.591. The van der Waals surface area contributed by atoms with E-state index in [1.807, 2.05) is 30.3 Å². The minimum absolute atomic E-state index is 0.313. The number of benzene rings is 1. The van der Waals surface area contributed by atoms with Gasteiger partial charge in [-0.15, -0.1) is 10.2 Å². The van der Waals surface area contributed by atoms with E-state index in [1.54, 1.807) is 22.7 Å². The predicted molar refractivity (Wildman–Crippen MR) is 88.2 cm³/mol. The van der Waals surface area contributed by atoms with Crippen LogP contribution in [0.3, 0.4) is 0 Å². The number of esters is 1. The van der Waals surface area contributed by atoms with Crippen LogP contribution in [-0.2, 0) is 9.53 Å². The highest BCUT2D eigenvalue weighted by Crippen LogP contribution is 2.07. The quantitative estimate of drug-likeness (QED) is 0.511. The van der Waals surface area contributed by atoms with Crippen LogP contribution in [0.2, 0.25) is 0 Å². The first-order valence-electron chi connectivity index (χ1n) is 7.63. The van der Waals surface area contributed by atoms with Gasteiger partial charge in [0, 0.05) is 6.20 Å². The maximum Gasteiger partial charge on any atom is 0.340 e. The Bertz CT molecular complexity index is 863. The van der Waals surface area contributed by atoms with Crippen molar-refractivity contribution in [1.82, 2.24) is 19.9 Å². The molecule has 2 heterocycles. The van der Waals surface area contributed by atoms with Crippen LogP contribution in [0.15, 0.2) is 55.0 Å². The zero-order chi connectivity index (χ0) is 17.5. The van der Waals surface area contributed by atoms with Gasteiger partial charge in [-0.25, -0.2) is 4.79 Å². The average molecular weight is 340 g/mol. The lowest BCUT2D eigenvalue weighted by atomic mass is 10.3. The summed E-state index contributed by atoms with van der Waals surface area (Å²) in [6, 6.07) is 12.5. The fraction of sp³-hybridized carbons (Fsp3) is 0.176. The first kappa shape index (κ1) is 16.4. The topological polar surface area (TPSA) is 94.8 Å². The lowest BCUT2D eigenvalue weighted by molar-refractivity contribution is -0.124. The lowest BCUT2D eigenvalue weighted by Crippen LogP contribution is -2.32. The largest absolute Gasteiger partial charge is 0.492 e. The summed E-state index contributed by atoms with van der Waals surface area (Å²) >= 11 is 0. The van der Waals surface area contributed by atoms with E-state index < -0.39 is 11.9 Å². The van der Waals surface area contributed by atoms with Crippen molar-refractivity contribution >= 4 is 17.5 Å². The standard InChI is InChI=1S/C17H16N4O4/c22-16(18-8-9-24-14-4-2-1-3-5-14)11-25-17(23)13-6-7-15-20-19-12-21(15)10-13/h1-7,10,12H,8-9,11H2,(H,18,22). The van der Waals surface area contributed by atoms with Crippen LogP contribution in [0.5, 0.6) is 5.75 Å². The van der Waals surface area contributed by atoms with Crippen molar-refractivity contribution in [3.8, 4) is 5.75 Å². The van der Waals surface area contributed by atoms with E-state index in [0.717, 1.165) is 5.75 Å². The van der Waals surface area contributed by atoms with Gasteiger partial charge in [-0.1, -0.05) is 18.2 Å². The number of para-hydroxylation sites is 1. The van der Waals surface area contributed by atoms with Gasteiger partial charge in [0.05, 0.1) is 12.1 Å². The Labute approximate surface area is 143 Å². The van der Waals surface area contributed by atoms with Crippen molar-refractivity contribution in [2.45, 2.75) is 0 Å². The van der Waals surface area contributed by atoms with E-state index in [2.05, 4.69) is 15.5 Å². The van der Waals surface area contributed by atoms with Gasteiger partial charge in [-0.3, -0.25) is 9.20 Å². The van der Waals surface area contributed by atoms with E-state index >= 15 is 0 Å². The normalized spacial score (nSPS) is 10.4. The molecule has 0 aliphatic rings. The molecular formula is C17H16N4O4. The third-order valence-corrected chi connectivity index (χ3v) is 3.30. The van der Waals surface area contributed by atoms with Gasteiger partial charge in [-0.05, 0) is 24.3 Å². The molecule has 1 aromatic carbocycles. The molecule has 2 aromatic heterocycles. The molecule has 0 radical (unpaired) electrons. The summed E-state index contributed by atoms with van der Waals surface area (Å²) in [6.07, 6.45) is 3.02. The summed E-state index contributed by atoms with van der Waals surface area (Å²) in [5, 5.41) is 10.2. The van der Waals surface area contributed by atoms with Gasteiger partial charge < -0.3 is 14.8 Å². The molecule has 3 rings (SSSR count). The number of fused-ring (bicyclic) bond motifs is 1. The number of pyridine rings is 1. The summed E-state index contributed by atoms with van der Waals surface area (Å²) in [6.45, 7) is 0.288. The summed E-state index contributed by atoms with van der Waals surface area (Å²) in [5.41, 5.74) is 0.931. The Morgan fingerprint density at radius 1 is 1.12 bits per heavy atom. The van der Waals surface area contributed by atoms with Gasteiger partial charge >= 0.3 is 5.97 Å². The number of hydrogen-bond acceptors (Lipinski definition) is 6. The number of amides is 1. The maximum absolute atomic E-state index is 11.9. The molecule has 1 amide bonds. The first-order valence-corrected chi connectivity index (χ1v) is 7.63. The third kappa shape index (κ3) is 4.54. The van der Waals surface area contributed by atoms with Gasteiger partial charge in [0.25, 0.3) is 5.91 Å². The van der Waals surface area contributed by atoms with Crippen LogP contribution >= 0.6 is 0 Å². The Hall–Kier alpha value is -3.42. The monoisotopic (exact) mass is 340 g/mol. The van der Waals surface area contributed by atoms with Crippen LogP contribution in [0.1, 0.15) is 10.4 Å². The van der Waals surface area contributed by atoms with Crippen molar-refractivity contribution in [2.75, 3.05) is 19.8 Å². The zero-order valence-corrected chi connectivity index (χ0v) is 13.3. The third-order valence-electron chi connectivity index (χ3n) is 3.30. The van der Waals surface area contributed by atoms with Crippen LogP contribution in [0.25, 0.3) is 5.65 Å². The highest BCUT2D eigenvalue weighted by Gasteiger charge is 2.11. The highest BCUT2D eigenvalue weighted by molar-refractivity contribution is 5.91. The molecule has 0 atom stereocenters. The molecule has 0 fully saturated rings. The number of ether oxygens (including phenoxy) is 2. The molecule has 0 saturated heterocycles. The fourth-order valence-corrected chi connectivity index (χ4v) is 2.09. The summed E-state index contributed by atoms with van der Waals surface area (Å²) in [7, 11) is 0. The SMILES string of the molecule is O=C(COC(=O)c1ccc2nncn2c1)NCCOc1ccccc1. The van der Waals surface area contributed by atoms with Gasteiger partial charge in [0.15, 0.2) is 12.3 Å². The molecule has 8 heteroatoms. The molecule has 128 valence electrons. The molecule has 25 heavy (non-hydrogen) atoms. The number of nitrogens with zero attached hydrogens (tertiary/aromatic N) is 3. The first-order chi connectivity index (χ1) is 12.2. The molecular weight excluding hydrogens is 324 g/mol. The summed E-state index contributed by atoms with van der Waals surface area (Å²) in [4.78, 5) is 23.6. The van der Waals surface area contributed by atoms with E-state index in [0.29, 0.717) is 24.4 Å². The number of carbonyl (C=O) groups is 2. The summed E-state index contributed by atoms with van der Waals surface area (Å²) in [5.74, 6) is -0.255. The average Bonchev–Trinajstić information content (AvgIpc) is 3.12. The maximum atomic E-state index is 11.9. The molecule has 0 aliphatic carbocycles. The molecule has 3 aromatic rings. The van der Waals surface area contributed by atoms with Crippen LogP contribution in [-0.4, -0.2) is 46.2 Å². The number of aromatic nitrogens is 3. The highest BCUT2D eigenvalue weighted by atomic mass is 16.5. The van der Waals surface area contributed by atoms with E-state index in [-0.39, 0.29) is 6.61 Å². The van der Waals surface area contributed by atoms with Crippen LogP contribution in [0.4, 0.5) is 0 Å². The van der Waals surface area contributed by atoms with Crippen LogP contribution in [0, 0.1) is 0 Å². The van der Waals surface area contributed by atoms with E-state index in [1.165, 1.54) is 6.33 Å². The van der Waals surface area contributed by atoms with E-state index in [9.17, 15) is 9.59 Å². The Morgan fingerprint density at radius 2 is 1.96 bits per heavy atom. The van der Waals surface area contributed by atoms with Gasteiger partial charge in [-0.2, -0.15) is 0 Å². The van der Waals surface area contributed by atoms with Crippen LogP contribution < -0.4 is 10.1 Å². The van der Waals surface area contributed by atoms with Crippen molar-refractivity contribution in [3.05, 3.63) is 60.6 Å². The van der Waals surface area contributed by atoms with E-state index in [4.69, 9.17) is 9.47 Å². The lowest BCUT2D eigenvalue weighted by Gasteiger charge is -2.08. The Morgan fingerprint density at radius 3 is 2.80 bits per heavy atom. The molecule has 0 saturated carbocycles. The molecule has 0 bridgehead atoms. The van der Waals surface area contributed by atoms with Crippen molar-refractivity contribution in [2.24, 2.45) is 0 Å². The Balaban J connectivity index is 1.38. The number of nitrogens with one attached hydrogen (secondary N) is 1. The second-order valence-electron chi connectivity index (χ2n) is 5.10. The second-order valence-corrected chi connectivity index (χ2v) is 5.10. The molecule has 0 unspecified atom stereocenters. The van der Waals surface area contributed by atoms with Crippen molar-refractivity contribution in [1.29, 1.82) is 0 Å². The molecule has 0 spiro atoms. The number of hydrogen-bond donors (Lipinski definition) is 1. The fourth-order valence-electron chi connectivity index (χ4n) is 2.09. The second kappa shape index (κ2) is 7.91. The number of rotatable bonds is 7. The minimum Gasteiger partial charge on any atom is -0.492 e. The number of carbonyl (C=O) groups excluding carboxylic acids is 2. The zero-order valence-electron chi connectivity index (χ0n) is 13.3. The van der Waals surface area contributed by atoms with Gasteiger partial charge in [0.1, 0.15) is 18.7 Å². The van der Waals surface area contributed by atoms with Crippen molar-refractivity contribution < 1.29 is 19.1 Å². The summed E-state index contributed by atoms with van der Waals surface area (Å²) < 4.78 is 12.0. The van der Waals surface area contributed by atoms with Crippen molar-refractivity contribution in [3.63, 3.8) is 0 Å². The predicted octanol–water partition coefficient (Wildman–Crippen LogP) is 1.08.